The molecule has 1 unspecified atom stereocenters. The molecule has 0 aliphatic carbocycles. The molecule has 0 saturated carbocycles. The van der Waals surface area contributed by atoms with E-state index in [2.05, 4.69) is 15.3 Å². The molecule has 1 N–H and O–H groups in total. The molecule has 2 fully saturated rings. The highest BCUT2D eigenvalue weighted by atomic mass is 16.5. The number of pyridine rings is 2. The molecular formula is C21H24N4O3. The molecule has 4 rings (SSSR count). The van der Waals surface area contributed by atoms with Gasteiger partial charge in [-0.3, -0.25) is 19.6 Å². The van der Waals surface area contributed by atoms with Crippen molar-refractivity contribution in [3.8, 4) is 0 Å². The van der Waals surface area contributed by atoms with Crippen LogP contribution in [0.2, 0.25) is 0 Å². The Morgan fingerprint density at radius 1 is 1.21 bits per heavy atom. The monoisotopic (exact) mass is 380 g/mol. The van der Waals surface area contributed by atoms with Crippen molar-refractivity contribution in [2.75, 3.05) is 31.6 Å². The molecule has 2 aromatic rings. The third-order valence-corrected chi connectivity index (χ3v) is 5.83. The lowest BCUT2D eigenvalue weighted by Gasteiger charge is -2.37. The van der Waals surface area contributed by atoms with Crippen LogP contribution in [0.1, 0.15) is 28.9 Å². The highest BCUT2D eigenvalue weighted by molar-refractivity contribution is 5.97. The van der Waals surface area contributed by atoms with Crippen LogP contribution in [0.4, 0.5) is 5.69 Å². The van der Waals surface area contributed by atoms with Gasteiger partial charge in [0.25, 0.3) is 5.91 Å². The van der Waals surface area contributed by atoms with Gasteiger partial charge in [-0.05, 0) is 44.0 Å². The van der Waals surface area contributed by atoms with Crippen molar-refractivity contribution < 1.29 is 14.3 Å². The summed E-state index contributed by atoms with van der Waals surface area (Å²) in [5.41, 5.74) is 1.84. The largest absolute Gasteiger partial charge is 0.381 e. The fraction of sp³-hybridized carbons (Fsp3) is 0.429. The predicted octanol–water partition coefficient (Wildman–Crippen LogP) is 2.29. The Balaban J connectivity index is 1.56. The minimum atomic E-state index is -0.279. The second kappa shape index (κ2) is 7.67. The number of amides is 2. The van der Waals surface area contributed by atoms with Crippen molar-refractivity contribution in [1.82, 2.24) is 14.9 Å². The van der Waals surface area contributed by atoms with Gasteiger partial charge in [-0.2, -0.15) is 0 Å². The van der Waals surface area contributed by atoms with Gasteiger partial charge in [0.1, 0.15) is 0 Å². The van der Waals surface area contributed by atoms with Crippen LogP contribution in [-0.2, 0) is 9.53 Å². The summed E-state index contributed by atoms with van der Waals surface area (Å²) in [6.07, 6.45) is 6.45. The van der Waals surface area contributed by atoms with Crippen LogP contribution in [0, 0.1) is 18.3 Å². The van der Waals surface area contributed by atoms with E-state index in [0.29, 0.717) is 37.6 Å². The lowest BCUT2D eigenvalue weighted by atomic mass is 9.71. The molecule has 2 aliphatic heterocycles. The summed E-state index contributed by atoms with van der Waals surface area (Å²) in [6.45, 7) is 4.09. The molecule has 2 aromatic heterocycles. The van der Waals surface area contributed by atoms with Gasteiger partial charge in [0.05, 0.1) is 23.4 Å². The zero-order valence-electron chi connectivity index (χ0n) is 15.9. The first kappa shape index (κ1) is 18.6. The van der Waals surface area contributed by atoms with Gasteiger partial charge in [0.2, 0.25) is 5.91 Å². The Hall–Kier alpha value is -2.80. The Labute approximate surface area is 164 Å². The second-order valence-electron chi connectivity index (χ2n) is 7.63. The number of anilines is 1. The van der Waals surface area contributed by atoms with E-state index in [1.54, 1.807) is 35.6 Å². The van der Waals surface area contributed by atoms with Gasteiger partial charge in [-0.1, -0.05) is 0 Å². The number of aromatic nitrogens is 2. The molecule has 28 heavy (non-hydrogen) atoms. The van der Waals surface area contributed by atoms with Crippen LogP contribution >= 0.6 is 0 Å². The SMILES string of the molecule is Cc1ccc(C(=O)N2CC(C(=O)Nc3cccnc3)C3(CCOCC3)C2)cn1. The van der Waals surface area contributed by atoms with Crippen molar-refractivity contribution in [2.24, 2.45) is 11.3 Å². The Kier molecular flexibility index (Phi) is 5.09. The minimum Gasteiger partial charge on any atom is -0.381 e. The topological polar surface area (TPSA) is 84.4 Å². The van der Waals surface area contributed by atoms with Crippen LogP contribution in [-0.4, -0.2) is 53.0 Å². The fourth-order valence-corrected chi connectivity index (χ4v) is 4.21. The summed E-state index contributed by atoms with van der Waals surface area (Å²) in [5, 5.41) is 2.97. The quantitative estimate of drug-likeness (QED) is 0.883. The lowest BCUT2D eigenvalue weighted by Crippen LogP contribution is -2.42. The highest BCUT2D eigenvalue weighted by Crippen LogP contribution is 2.45. The number of likely N-dealkylation sites (tertiary alicyclic amines) is 1. The van der Waals surface area contributed by atoms with E-state index in [1.165, 1.54) is 0 Å². The predicted molar refractivity (Wildman–Crippen MR) is 104 cm³/mol. The average Bonchev–Trinajstić information content (AvgIpc) is 3.08. The van der Waals surface area contributed by atoms with Gasteiger partial charge >= 0.3 is 0 Å². The summed E-state index contributed by atoms with van der Waals surface area (Å²) in [5.74, 6) is -0.416. The molecule has 0 aromatic carbocycles. The molecule has 146 valence electrons. The molecule has 2 aliphatic rings. The maximum absolute atomic E-state index is 13.1. The zero-order chi connectivity index (χ0) is 19.6. The Morgan fingerprint density at radius 3 is 2.71 bits per heavy atom. The number of ether oxygens (including phenoxy) is 1. The molecular weight excluding hydrogens is 356 g/mol. The van der Waals surface area contributed by atoms with Gasteiger partial charge in [0.15, 0.2) is 0 Å². The number of rotatable bonds is 3. The highest BCUT2D eigenvalue weighted by Gasteiger charge is 2.51. The first-order chi connectivity index (χ1) is 13.6. The van der Waals surface area contributed by atoms with Crippen LogP contribution in [0.5, 0.6) is 0 Å². The van der Waals surface area contributed by atoms with Crippen molar-refractivity contribution in [1.29, 1.82) is 0 Å². The molecule has 1 atom stereocenters. The van der Waals surface area contributed by atoms with Gasteiger partial charge in [0, 0.05) is 49.8 Å². The maximum Gasteiger partial charge on any atom is 0.255 e. The van der Waals surface area contributed by atoms with Crippen molar-refractivity contribution >= 4 is 17.5 Å². The van der Waals surface area contributed by atoms with E-state index >= 15 is 0 Å². The molecule has 0 bridgehead atoms. The normalized spacial score (nSPS) is 20.9. The summed E-state index contributed by atoms with van der Waals surface area (Å²) in [6, 6.07) is 7.23. The smallest absolute Gasteiger partial charge is 0.255 e. The van der Waals surface area contributed by atoms with Crippen LogP contribution in [0.3, 0.4) is 0 Å². The van der Waals surface area contributed by atoms with E-state index in [4.69, 9.17) is 4.74 Å². The standard InChI is InChI=1S/C21H24N4O3/c1-15-4-5-16(11-23-15)20(27)25-13-18(21(14-25)6-9-28-10-7-21)19(26)24-17-3-2-8-22-12-17/h2-5,8,11-12,18H,6-7,9-10,13-14H2,1H3,(H,24,26). The number of nitrogens with one attached hydrogen (secondary N) is 1. The van der Waals surface area contributed by atoms with E-state index in [0.717, 1.165) is 18.5 Å². The molecule has 1 spiro atoms. The number of hydrogen-bond donors (Lipinski definition) is 1. The van der Waals surface area contributed by atoms with E-state index < -0.39 is 0 Å². The molecule has 0 radical (unpaired) electrons. The third-order valence-electron chi connectivity index (χ3n) is 5.83. The molecule has 2 amide bonds. The first-order valence-electron chi connectivity index (χ1n) is 9.58. The van der Waals surface area contributed by atoms with E-state index in [1.807, 2.05) is 19.1 Å². The lowest BCUT2D eigenvalue weighted by molar-refractivity contribution is -0.124. The van der Waals surface area contributed by atoms with Crippen LogP contribution in [0.15, 0.2) is 42.9 Å². The number of carbonyl (C=O) groups excluding carboxylic acids is 2. The number of hydrogen-bond acceptors (Lipinski definition) is 5. The first-order valence-corrected chi connectivity index (χ1v) is 9.58. The third kappa shape index (κ3) is 3.62. The van der Waals surface area contributed by atoms with Gasteiger partial charge in [-0.25, -0.2) is 0 Å². The summed E-state index contributed by atoms with van der Waals surface area (Å²) in [4.78, 5) is 36.2. The van der Waals surface area contributed by atoms with Gasteiger partial charge in [-0.15, -0.1) is 0 Å². The number of carbonyl (C=O) groups is 2. The molecule has 7 heteroatoms. The molecule has 7 nitrogen and oxygen atoms in total. The zero-order valence-corrected chi connectivity index (χ0v) is 15.9. The number of nitrogens with zero attached hydrogens (tertiary/aromatic N) is 3. The number of aryl methyl sites for hydroxylation is 1. The average molecular weight is 380 g/mol. The van der Waals surface area contributed by atoms with Crippen LogP contribution < -0.4 is 5.32 Å². The fourth-order valence-electron chi connectivity index (χ4n) is 4.21. The van der Waals surface area contributed by atoms with Gasteiger partial charge < -0.3 is 15.0 Å². The Morgan fingerprint density at radius 2 is 2.04 bits per heavy atom. The Bertz CT molecular complexity index is 848. The van der Waals surface area contributed by atoms with E-state index in [-0.39, 0.29) is 23.1 Å². The summed E-state index contributed by atoms with van der Waals surface area (Å²) >= 11 is 0. The van der Waals surface area contributed by atoms with Crippen molar-refractivity contribution in [2.45, 2.75) is 19.8 Å². The molecule has 4 heterocycles. The summed E-state index contributed by atoms with van der Waals surface area (Å²) in [7, 11) is 0. The minimum absolute atomic E-state index is 0.0627. The van der Waals surface area contributed by atoms with E-state index in [9.17, 15) is 9.59 Å². The maximum atomic E-state index is 13.1. The molecule has 2 saturated heterocycles. The van der Waals surface area contributed by atoms with Crippen molar-refractivity contribution in [3.63, 3.8) is 0 Å². The van der Waals surface area contributed by atoms with Crippen LogP contribution in [0.25, 0.3) is 0 Å². The summed E-state index contributed by atoms with van der Waals surface area (Å²) < 4.78 is 5.54. The second-order valence-corrected chi connectivity index (χ2v) is 7.63. The van der Waals surface area contributed by atoms with Crippen molar-refractivity contribution in [3.05, 3.63) is 54.1 Å².